The summed E-state index contributed by atoms with van der Waals surface area (Å²) in [5.74, 6) is 0.502. The lowest BCUT2D eigenvalue weighted by molar-refractivity contribution is -0.138. The highest BCUT2D eigenvalue weighted by molar-refractivity contribution is 5.95. The number of allylic oxidation sites excluding steroid dienone is 1. The van der Waals surface area contributed by atoms with E-state index >= 15 is 0 Å². The lowest BCUT2D eigenvalue weighted by Gasteiger charge is -2.25. The Morgan fingerprint density at radius 1 is 1.43 bits per heavy atom. The van der Waals surface area contributed by atoms with E-state index in [1.165, 1.54) is 0 Å². The number of carbonyl (C=O) groups excluding carboxylic acids is 1. The summed E-state index contributed by atoms with van der Waals surface area (Å²) in [6.45, 7) is 3.84. The molecule has 2 rings (SSSR count). The Balaban J connectivity index is 2.51. The van der Waals surface area contributed by atoms with Gasteiger partial charge in [-0.1, -0.05) is 18.2 Å². The van der Waals surface area contributed by atoms with Crippen molar-refractivity contribution in [1.82, 2.24) is 5.32 Å². The first-order valence-corrected chi connectivity index (χ1v) is 6.69. The number of aliphatic imine (C=N–C) groups is 1. The molecule has 1 aliphatic rings. The van der Waals surface area contributed by atoms with Crippen LogP contribution in [0.4, 0.5) is 0 Å². The van der Waals surface area contributed by atoms with Crippen molar-refractivity contribution in [2.45, 2.75) is 19.9 Å². The van der Waals surface area contributed by atoms with Crippen molar-refractivity contribution in [2.24, 2.45) is 10.7 Å². The van der Waals surface area contributed by atoms with Gasteiger partial charge in [-0.3, -0.25) is 0 Å². The molecule has 3 N–H and O–H groups in total. The van der Waals surface area contributed by atoms with Crippen LogP contribution in [0.15, 0.2) is 40.5 Å². The molecule has 0 amide bonds. The molecule has 1 unspecified atom stereocenters. The molecule has 112 valence electrons. The van der Waals surface area contributed by atoms with Gasteiger partial charge in [-0.2, -0.15) is 0 Å². The third-order valence-electron chi connectivity index (χ3n) is 3.19. The van der Waals surface area contributed by atoms with Crippen molar-refractivity contribution in [2.75, 3.05) is 13.7 Å². The predicted octanol–water partition coefficient (Wildman–Crippen LogP) is 1.49. The second-order valence-corrected chi connectivity index (χ2v) is 4.54. The van der Waals surface area contributed by atoms with E-state index in [4.69, 9.17) is 15.2 Å². The molecule has 0 aromatic heterocycles. The molecule has 1 aromatic carbocycles. The number of benzene rings is 1. The average molecular weight is 289 g/mol. The predicted molar refractivity (Wildman–Crippen MR) is 79.8 cm³/mol. The summed E-state index contributed by atoms with van der Waals surface area (Å²) >= 11 is 0. The fourth-order valence-corrected chi connectivity index (χ4v) is 2.29. The molecule has 0 aliphatic carbocycles. The fraction of sp³-hybridized carbons (Fsp3) is 0.333. The molecule has 1 heterocycles. The number of carbonyl (C=O) groups is 1. The number of methoxy groups -OCH3 is 1. The van der Waals surface area contributed by atoms with Crippen LogP contribution in [-0.2, 0) is 9.53 Å². The van der Waals surface area contributed by atoms with Gasteiger partial charge < -0.3 is 20.5 Å². The van der Waals surface area contributed by atoms with Crippen LogP contribution in [-0.4, -0.2) is 25.6 Å². The number of nitrogens with one attached hydrogen (secondary N) is 1. The minimum atomic E-state index is -0.540. The second kappa shape index (κ2) is 6.30. The van der Waals surface area contributed by atoms with Gasteiger partial charge >= 0.3 is 5.97 Å². The Kier molecular flexibility index (Phi) is 4.47. The maximum absolute atomic E-state index is 12.2. The first kappa shape index (κ1) is 14.9. The highest BCUT2D eigenvalue weighted by atomic mass is 16.5. The van der Waals surface area contributed by atoms with Crippen molar-refractivity contribution in [3.05, 3.63) is 41.1 Å². The first-order valence-electron chi connectivity index (χ1n) is 6.69. The van der Waals surface area contributed by atoms with Gasteiger partial charge in [0.15, 0.2) is 5.96 Å². The normalized spacial score (nSPS) is 17.9. The van der Waals surface area contributed by atoms with Gasteiger partial charge in [0.2, 0.25) is 0 Å². The molecular formula is C15H19N3O3. The van der Waals surface area contributed by atoms with Crippen molar-refractivity contribution < 1.29 is 14.3 Å². The molecule has 1 atom stereocenters. The first-order chi connectivity index (χ1) is 10.1. The van der Waals surface area contributed by atoms with Crippen LogP contribution in [0.3, 0.4) is 0 Å². The number of hydrogen-bond donors (Lipinski definition) is 2. The van der Waals surface area contributed by atoms with Gasteiger partial charge in [0.05, 0.1) is 19.3 Å². The summed E-state index contributed by atoms with van der Waals surface area (Å²) in [5, 5.41) is 2.87. The number of hydrogen-bond acceptors (Lipinski definition) is 6. The number of nitrogens with zero attached hydrogens (tertiary/aromatic N) is 1. The minimum Gasteiger partial charge on any atom is -0.496 e. The maximum atomic E-state index is 12.2. The van der Waals surface area contributed by atoms with E-state index in [9.17, 15) is 4.79 Å². The summed E-state index contributed by atoms with van der Waals surface area (Å²) in [7, 11) is 1.58. The molecule has 6 nitrogen and oxygen atoms in total. The Bertz CT molecular complexity index is 608. The molecule has 0 bridgehead atoms. The van der Waals surface area contributed by atoms with Crippen LogP contribution in [0.1, 0.15) is 25.5 Å². The largest absolute Gasteiger partial charge is 0.496 e. The summed E-state index contributed by atoms with van der Waals surface area (Å²) in [6.07, 6.45) is 0. The second-order valence-electron chi connectivity index (χ2n) is 4.54. The van der Waals surface area contributed by atoms with Crippen LogP contribution in [0.5, 0.6) is 5.75 Å². The zero-order valence-electron chi connectivity index (χ0n) is 12.3. The summed E-state index contributed by atoms with van der Waals surface area (Å²) in [4.78, 5) is 16.6. The van der Waals surface area contributed by atoms with E-state index in [1.807, 2.05) is 24.3 Å². The molecule has 0 saturated heterocycles. The zero-order chi connectivity index (χ0) is 15.4. The highest BCUT2D eigenvalue weighted by Gasteiger charge is 2.31. The fourth-order valence-electron chi connectivity index (χ4n) is 2.29. The van der Waals surface area contributed by atoms with Crippen LogP contribution < -0.4 is 15.8 Å². The van der Waals surface area contributed by atoms with Gasteiger partial charge in [-0.25, -0.2) is 9.79 Å². The molecule has 0 spiro atoms. The lowest BCUT2D eigenvalue weighted by Crippen LogP contribution is -2.37. The third-order valence-corrected chi connectivity index (χ3v) is 3.19. The topological polar surface area (TPSA) is 85.9 Å². The van der Waals surface area contributed by atoms with Crippen molar-refractivity contribution in [3.63, 3.8) is 0 Å². The number of nitrogens with two attached hydrogens (primary N) is 1. The number of para-hydroxylation sites is 1. The minimum absolute atomic E-state index is 0.261. The Labute approximate surface area is 123 Å². The van der Waals surface area contributed by atoms with E-state index in [-0.39, 0.29) is 5.96 Å². The van der Waals surface area contributed by atoms with Crippen LogP contribution >= 0.6 is 0 Å². The molecule has 1 aromatic rings. The third kappa shape index (κ3) is 2.99. The summed E-state index contributed by atoms with van der Waals surface area (Å²) < 4.78 is 10.5. The summed E-state index contributed by atoms with van der Waals surface area (Å²) in [5.41, 5.74) is 7.64. The SMILES string of the molecule is CCOC(=O)C1=C(C)NC(N)=NC1c1ccccc1OC. The molecule has 1 aliphatic heterocycles. The zero-order valence-corrected chi connectivity index (χ0v) is 12.3. The molecule has 0 radical (unpaired) electrons. The lowest BCUT2D eigenvalue weighted by atomic mass is 9.95. The maximum Gasteiger partial charge on any atom is 0.338 e. The Morgan fingerprint density at radius 2 is 2.14 bits per heavy atom. The van der Waals surface area contributed by atoms with Gasteiger partial charge in [-0.05, 0) is 19.9 Å². The standard InChI is InChI=1S/C15H19N3O3/c1-4-21-14(19)12-9(2)17-15(16)18-13(12)10-7-5-6-8-11(10)20-3/h5-8,13H,4H2,1-3H3,(H3,16,17,18). The van der Waals surface area contributed by atoms with E-state index in [0.717, 1.165) is 5.56 Å². The Morgan fingerprint density at radius 3 is 2.81 bits per heavy atom. The van der Waals surface area contributed by atoms with Gasteiger partial charge in [0.1, 0.15) is 11.8 Å². The molecule has 21 heavy (non-hydrogen) atoms. The van der Waals surface area contributed by atoms with Crippen LogP contribution in [0.2, 0.25) is 0 Å². The van der Waals surface area contributed by atoms with Crippen molar-refractivity contribution >= 4 is 11.9 Å². The molecule has 0 fully saturated rings. The quantitative estimate of drug-likeness (QED) is 0.820. The van der Waals surface area contributed by atoms with Crippen molar-refractivity contribution in [1.29, 1.82) is 0 Å². The van der Waals surface area contributed by atoms with E-state index in [1.54, 1.807) is 21.0 Å². The smallest absolute Gasteiger partial charge is 0.338 e. The van der Waals surface area contributed by atoms with Crippen molar-refractivity contribution in [3.8, 4) is 5.75 Å². The number of guanidine groups is 1. The van der Waals surface area contributed by atoms with E-state index in [0.29, 0.717) is 23.6 Å². The molecule has 6 heteroatoms. The summed E-state index contributed by atoms with van der Waals surface area (Å²) in [6, 6.07) is 6.86. The van der Waals surface area contributed by atoms with Crippen LogP contribution in [0, 0.1) is 0 Å². The molecular weight excluding hydrogens is 270 g/mol. The monoisotopic (exact) mass is 289 g/mol. The molecule has 0 saturated carbocycles. The number of rotatable bonds is 4. The van der Waals surface area contributed by atoms with Gasteiger partial charge in [0.25, 0.3) is 0 Å². The van der Waals surface area contributed by atoms with Gasteiger partial charge in [-0.15, -0.1) is 0 Å². The Hall–Kier alpha value is -2.50. The average Bonchev–Trinajstić information content (AvgIpc) is 2.46. The van der Waals surface area contributed by atoms with E-state index in [2.05, 4.69) is 10.3 Å². The highest BCUT2D eigenvalue weighted by Crippen LogP contribution is 2.35. The van der Waals surface area contributed by atoms with E-state index < -0.39 is 12.0 Å². The number of esters is 1. The number of ether oxygens (including phenoxy) is 2. The van der Waals surface area contributed by atoms with Crippen LogP contribution in [0.25, 0.3) is 0 Å². The van der Waals surface area contributed by atoms with Gasteiger partial charge in [0, 0.05) is 11.3 Å².